The standard InChI is InChI=1S/C19H31N5O2S.HI/c1-16(2)22-18(25)15-23-10-12-24(13-11-23)19(20-3)21-9-14-27(26)17-7-5-4-6-8-17;/h4-8,16H,9-15H2,1-3H3,(H,20,21)(H,22,25);1H. The summed E-state index contributed by atoms with van der Waals surface area (Å²) in [5.74, 6) is 1.44. The first kappa shape index (κ1) is 24.8. The number of nitrogens with one attached hydrogen (secondary N) is 2. The van der Waals surface area contributed by atoms with E-state index in [4.69, 9.17) is 0 Å². The molecule has 2 N–H and O–H groups in total. The fraction of sp³-hybridized carbons (Fsp3) is 0.579. The molecule has 1 aliphatic heterocycles. The zero-order valence-electron chi connectivity index (χ0n) is 16.9. The zero-order valence-corrected chi connectivity index (χ0v) is 20.0. The van der Waals surface area contributed by atoms with Crippen molar-refractivity contribution in [1.29, 1.82) is 0 Å². The third-order valence-corrected chi connectivity index (χ3v) is 5.65. The van der Waals surface area contributed by atoms with Crippen molar-refractivity contribution < 1.29 is 9.00 Å². The Hall–Kier alpha value is -1.20. The van der Waals surface area contributed by atoms with E-state index in [1.165, 1.54) is 0 Å². The monoisotopic (exact) mass is 521 g/mol. The fourth-order valence-corrected chi connectivity index (χ4v) is 3.95. The minimum Gasteiger partial charge on any atom is -0.355 e. The number of rotatable bonds is 7. The van der Waals surface area contributed by atoms with E-state index in [0.29, 0.717) is 18.8 Å². The summed E-state index contributed by atoms with van der Waals surface area (Å²) in [5, 5.41) is 6.23. The largest absolute Gasteiger partial charge is 0.355 e. The van der Waals surface area contributed by atoms with Crippen LogP contribution in [0.25, 0.3) is 0 Å². The lowest BCUT2D eigenvalue weighted by Gasteiger charge is -2.36. The molecule has 0 aliphatic carbocycles. The molecule has 1 amide bonds. The van der Waals surface area contributed by atoms with E-state index in [1.807, 2.05) is 44.2 Å². The highest BCUT2D eigenvalue weighted by molar-refractivity contribution is 14.0. The Morgan fingerprint density at radius 3 is 2.39 bits per heavy atom. The van der Waals surface area contributed by atoms with E-state index < -0.39 is 10.8 Å². The van der Waals surface area contributed by atoms with Crippen molar-refractivity contribution in [3.05, 3.63) is 30.3 Å². The number of amides is 1. The number of hydrogen-bond acceptors (Lipinski definition) is 4. The molecule has 1 aliphatic rings. The highest BCUT2D eigenvalue weighted by atomic mass is 127. The van der Waals surface area contributed by atoms with Gasteiger partial charge in [0.2, 0.25) is 5.91 Å². The van der Waals surface area contributed by atoms with Crippen molar-refractivity contribution in [2.24, 2.45) is 4.99 Å². The lowest BCUT2D eigenvalue weighted by Crippen LogP contribution is -2.54. The van der Waals surface area contributed by atoms with Crippen LogP contribution in [0.15, 0.2) is 40.2 Å². The van der Waals surface area contributed by atoms with Crippen molar-refractivity contribution in [1.82, 2.24) is 20.4 Å². The summed E-state index contributed by atoms with van der Waals surface area (Å²) in [4.78, 5) is 21.4. The molecule has 28 heavy (non-hydrogen) atoms. The van der Waals surface area contributed by atoms with Crippen LogP contribution < -0.4 is 10.6 Å². The van der Waals surface area contributed by atoms with Crippen LogP contribution in [0.2, 0.25) is 0 Å². The molecule has 0 bridgehead atoms. The SMILES string of the molecule is CN=C(NCCS(=O)c1ccccc1)N1CCN(CC(=O)NC(C)C)CC1.I. The van der Waals surface area contributed by atoms with Gasteiger partial charge in [-0.1, -0.05) is 18.2 Å². The molecule has 1 fully saturated rings. The van der Waals surface area contributed by atoms with Gasteiger partial charge in [-0.15, -0.1) is 24.0 Å². The van der Waals surface area contributed by atoms with Crippen molar-refractivity contribution in [3.63, 3.8) is 0 Å². The molecule has 1 heterocycles. The van der Waals surface area contributed by atoms with Crippen molar-refractivity contribution in [2.75, 3.05) is 52.1 Å². The Labute approximate surface area is 187 Å². The van der Waals surface area contributed by atoms with Crippen molar-refractivity contribution in [3.8, 4) is 0 Å². The number of piperazine rings is 1. The minimum atomic E-state index is -1.01. The van der Waals surface area contributed by atoms with E-state index in [9.17, 15) is 9.00 Å². The first-order valence-corrected chi connectivity index (χ1v) is 10.7. The van der Waals surface area contributed by atoms with E-state index in [-0.39, 0.29) is 35.9 Å². The predicted molar refractivity (Wildman–Crippen MR) is 126 cm³/mol. The lowest BCUT2D eigenvalue weighted by atomic mass is 10.3. The van der Waals surface area contributed by atoms with Gasteiger partial charge in [-0.05, 0) is 26.0 Å². The van der Waals surface area contributed by atoms with Crippen LogP contribution in [0, 0.1) is 0 Å². The van der Waals surface area contributed by atoms with Gasteiger partial charge in [0.05, 0.1) is 17.3 Å². The van der Waals surface area contributed by atoms with E-state index in [1.54, 1.807) is 7.05 Å². The summed E-state index contributed by atoms with van der Waals surface area (Å²) < 4.78 is 12.3. The summed E-state index contributed by atoms with van der Waals surface area (Å²) in [6.45, 7) is 8.25. The third kappa shape index (κ3) is 8.44. The number of guanidine groups is 1. The average molecular weight is 521 g/mol. The number of hydrogen-bond donors (Lipinski definition) is 2. The molecule has 0 radical (unpaired) electrons. The Kier molecular flexibility index (Phi) is 11.6. The molecule has 158 valence electrons. The molecular formula is C19H32IN5O2S. The molecule has 0 spiro atoms. The maximum atomic E-state index is 12.3. The van der Waals surface area contributed by atoms with Gasteiger partial charge in [0.25, 0.3) is 0 Å². The molecule has 1 aromatic carbocycles. The number of aliphatic imine (C=N–C) groups is 1. The topological polar surface area (TPSA) is 77.0 Å². The quantitative estimate of drug-likeness (QED) is 0.320. The molecule has 1 saturated heterocycles. The molecule has 0 saturated carbocycles. The number of carbonyl (C=O) groups is 1. The van der Waals surface area contributed by atoms with Gasteiger partial charge in [0, 0.05) is 56.5 Å². The fourth-order valence-electron chi connectivity index (χ4n) is 2.97. The molecular weight excluding hydrogens is 489 g/mol. The minimum absolute atomic E-state index is 0. The third-order valence-electron chi connectivity index (χ3n) is 4.28. The summed E-state index contributed by atoms with van der Waals surface area (Å²) in [7, 11) is 0.750. The second-order valence-corrected chi connectivity index (χ2v) is 8.39. The van der Waals surface area contributed by atoms with Gasteiger partial charge in [-0.2, -0.15) is 0 Å². The smallest absolute Gasteiger partial charge is 0.234 e. The summed E-state index contributed by atoms with van der Waals surface area (Å²) >= 11 is 0. The zero-order chi connectivity index (χ0) is 19.6. The van der Waals surface area contributed by atoms with Crippen molar-refractivity contribution >= 4 is 46.6 Å². The molecule has 1 atom stereocenters. The van der Waals surface area contributed by atoms with Crippen molar-refractivity contribution in [2.45, 2.75) is 24.8 Å². The van der Waals surface area contributed by atoms with Crippen LogP contribution in [0.4, 0.5) is 0 Å². The van der Waals surface area contributed by atoms with Gasteiger partial charge in [-0.25, -0.2) is 0 Å². The first-order valence-electron chi connectivity index (χ1n) is 9.40. The van der Waals surface area contributed by atoms with Crippen LogP contribution >= 0.6 is 24.0 Å². The van der Waals surface area contributed by atoms with E-state index >= 15 is 0 Å². The number of benzene rings is 1. The van der Waals surface area contributed by atoms with Crippen LogP contribution in [-0.4, -0.2) is 84.0 Å². The van der Waals surface area contributed by atoms with Gasteiger partial charge in [-0.3, -0.25) is 18.9 Å². The van der Waals surface area contributed by atoms with Crippen LogP contribution in [0.1, 0.15) is 13.8 Å². The second-order valence-electron chi connectivity index (χ2n) is 6.82. The maximum absolute atomic E-state index is 12.3. The molecule has 9 heteroatoms. The lowest BCUT2D eigenvalue weighted by molar-refractivity contribution is -0.123. The molecule has 2 rings (SSSR count). The summed E-state index contributed by atoms with van der Waals surface area (Å²) in [6.07, 6.45) is 0. The van der Waals surface area contributed by atoms with Crippen LogP contribution in [0.5, 0.6) is 0 Å². The molecule has 1 aromatic rings. The van der Waals surface area contributed by atoms with Crippen LogP contribution in [-0.2, 0) is 15.6 Å². The molecule has 7 nitrogen and oxygen atoms in total. The number of carbonyl (C=O) groups excluding carboxylic acids is 1. The van der Waals surface area contributed by atoms with Gasteiger partial charge < -0.3 is 15.5 Å². The van der Waals surface area contributed by atoms with Crippen LogP contribution in [0.3, 0.4) is 0 Å². The Bertz CT molecular complexity index is 649. The highest BCUT2D eigenvalue weighted by Gasteiger charge is 2.21. The summed E-state index contributed by atoms with van der Waals surface area (Å²) in [5.41, 5.74) is 0. The highest BCUT2D eigenvalue weighted by Crippen LogP contribution is 2.05. The normalized spacial score (nSPS) is 16.4. The number of nitrogens with zero attached hydrogens (tertiary/aromatic N) is 3. The predicted octanol–water partition coefficient (Wildman–Crippen LogP) is 1.13. The van der Waals surface area contributed by atoms with E-state index in [2.05, 4.69) is 25.4 Å². The second kappa shape index (κ2) is 13.1. The van der Waals surface area contributed by atoms with Gasteiger partial charge >= 0.3 is 0 Å². The summed E-state index contributed by atoms with van der Waals surface area (Å²) in [6, 6.07) is 9.68. The average Bonchev–Trinajstić information content (AvgIpc) is 2.66. The maximum Gasteiger partial charge on any atom is 0.234 e. The first-order chi connectivity index (χ1) is 13.0. The Morgan fingerprint density at radius 1 is 1.18 bits per heavy atom. The number of halogens is 1. The molecule has 0 aromatic heterocycles. The molecule has 1 unspecified atom stereocenters. The van der Waals surface area contributed by atoms with E-state index in [0.717, 1.165) is 37.0 Å². The van der Waals surface area contributed by atoms with Gasteiger partial charge in [0.1, 0.15) is 0 Å². The van der Waals surface area contributed by atoms with Gasteiger partial charge in [0.15, 0.2) is 5.96 Å². The Balaban J connectivity index is 0.00000392. The Morgan fingerprint density at radius 2 is 1.82 bits per heavy atom.